The maximum absolute atomic E-state index is 13.4. The van der Waals surface area contributed by atoms with Crippen molar-refractivity contribution in [2.75, 3.05) is 18.6 Å². The first-order valence-corrected chi connectivity index (χ1v) is 11.8. The zero-order valence-corrected chi connectivity index (χ0v) is 21.2. The van der Waals surface area contributed by atoms with Crippen LogP contribution < -0.4 is 9.64 Å². The third-order valence-corrected chi connectivity index (χ3v) is 6.08. The van der Waals surface area contributed by atoms with Crippen LogP contribution in [0.1, 0.15) is 61.9 Å². The Hall–Kier alpha value is -3.44. The molecule has 2 amide bonds. The van der Waals surface area contributed by atoms with Gasteiger partial charge in [0, 0.05) is 26.1 Å². The summed E-state index contributed by atoms with van der Waals surface area (Å²) in [5.41, 5.74) is -2.37. The van der Waals surface area contributed by atoms with Gasteiger partial charge in [0.1, 0.15) is 5.75 Å². The van der Waals surface area contributed by atoms with Crippen LogP contribution in [0.15, 0.2) is 36.4 Å². The van der Waals surface area contributed by atoms with Crippen molar-refractivity contribution in [3.8, 4) is 5.75 Å². The third kappa shape index (κ3) is 6.70. The monoisotopic (exact) mass is 546 g/mol. The number of hydrogen-bond donors (Lipinski definition) is 0. The number of anilines is 1. The van der Waals surface area contributed by atoms with E-state index >= 15 is 0 Å². The molecule has 12 heteroatoms. The number of carbonyl (C=O) groups is 2. The lowest BCUT2D eigenvalue weighted by molar-refractivity contribution is -0.143. The minimum Gasteiger partial charge on any atom is -0.497 e. The first kappa shape index (κ1) is 29.1. The molecule has 1 aliphatic heterocycles. The topological polar surface area (TPSA) is 59.1 Å². The Morgan fingerprint density at radius 3 is 2.13 bits per heavy atom. The zero-order chi connectivity index (χ0) is 28.4. The highest BCUT2D eigenvalue weighted by Crippen LogP contribution is 2.41. The minimum absolute atomic E-state index is 0.0487. The van der Waals surface area contributed by atoms with Gasteiger partial charge in [0.2, 0.25) is 5.91 Å². The van der Waals surface area contributed by atoms with Crippen LogP contribution in [0.5, 0.6) is 5.75 Å². The normalized spacial score (nSPS) is 16.1. The quantitative estimate of drug-likeness (QED) is 0.380. The van der Waals surface area contributed by atoms with Gasteiger partial charge in [-0.2, -0.15) is 26.3 Å². The van der Waals surface area contributed by atoms with Crippen molar-refractivity contribution in [1.82, 2.24) is 4.90 Å². The summed E-state index contributed by atoms with van der Waals surface area (Å²) in [6, 6.07) is 5.35. The summed E-state index contributed by atoms with van der Waals surface area (Å²) in [5.74, 6) is -0.144. The number of carbonyl (C=O) groups excluding carboxylic acids is 2. The van der Waals surface area contributed by atoms with E-state index in [0.29, 0.717) is 42.0 Å². The Labute approximate surface area is 216 Å². The number of nitrogens with zero attached hydrogens (tertiary/aromatic N) is 2. The molecule has 208 valence electrons. The maximum atomic E-state index is 13.4. The summed E-state index contributed by atoms with van der Waals surface area (Å²) in [4.78, 5) is 28.2. The van der Waals surface area contributed by atoms with Crippen molar-refractivity contribution < 1.29 is 45.4 Å². The van der Waals surface area contributed by atoms with E-state index in [1.807, 2.05) is 0 Å². The predicted molar refractivity (Wildman–Crippen MR) is 127 cm³/mol. The molecule has 1 heterocycles. The number of hydrogen-bond acceptors (Lipinski definition) is 4. The molecule has 0 radical (unpaired) electrons. The minimum atomic E-state index is -5.01. The standard InChI is InChI=1S/C26H28F6N2O4/c1-15(2)38-24(36)33-9-5-6-22(21-8-7-20(37-4)13-23(21)33)34(16(3)35)14-17-10-18(25(27,28)29)12-19(11-17)26(30,31)32/h7-8,10-13,15,22H,5-6,9,14H2,1-4H3. The summed E-state index contributed by atoms with van der Waals surface area (Å²) < 4.78 is 91.1. The second-order valence-electron chi connectivity index (χ2n) is 9.23. The van der Waals surface area contributed by atoms with Crippen LogP contribution in [0.2, 0.25) is 0 Å². The molecule has 1 atom stereocenters. The average Bonchev–Trinajstić information content (AvgIpc) is 2.99. The fourth-order valence-electron chi connectivity index (χ4n) is 4.41. The van der Waals surface area contributed by atoms with Crippen LogP contribution in [0.4, 0.5) is 36.8 Å². The third-order valence-electron chi connectivity index (χ3n) is 6.08. The van der Waals surface area contributed by atoms with Gasteiger partial charge in [-0.15, -0.1) is 0 Å². The van der Waals surface area contributed by atoms with Crippen LogP contribution in [0.25, 0.3) is 0 Å². The highest BCUT2D eigenvalue weighted by Gasteiger charge is 2.38. The molecule has 2 aromatic rings. The molecular weight excluding hydrogens is 518 g/mol. The molecule has 1 unspecified atom stereocenters. The van der Waals surface area contributed by atoms with Crippen LogP contribution in [0, 0.1) is 0 Å². The molecule has 0 saturated heterocycles. The van der Waals surface area contributed by atoms with Crippen molar-refractivity contribution >= 4 is 17.7 Å². The van der Waals surface area contributed by atoms with E-state index in [1.54, 1.807) is 32.0 Å². The molecule has 0 saturated carbocycles. The van der Waals surface area contributed by atoms with E-state index in [9.17, 15) is 35.9 Å². The number of benzene rings is 2. The first-order valence-electron chi connectivity index (χ1n) is 11.8. The van der Waals surface area contributed by atoms with Gasteiger partial charge in [-0.05, 0) is 62.1 Å². The lowest BCUT2D eigenvalue weighted by atomic mass is 9.98. The van der Waals surface area contributed by atoms with Gasteiger partial charge in [-0.1, -0.05) is 6.07 Å². The number of methoxy groups -OCH3 is 1. The lowest BCUT2D eigenvalue weighted by Gasteiger charge is -2.32. The summed E-state index contributed by atoms with van der Waals surface area (Å²) in [6.07, 6.45) is -10.4. The highest BCUT2D eigenvalue weighted by atomic mass is 19.4. The van der Waals surface area contributed by atoms with Gasteiger partial charge >= 0.3 is 18.4 Å². The van der Waals surface area contributed by atoms with E-state index < -0.39 is 54.2 Å². The van der Waals surface area contributed by atoms with Gasteiger partial charge in [0.15, 0.2) is 0 Å². The van der Waals surface area contributed by atoms with E-state index in [2.05, 4.69) is 0 Å². The summed E-state index contributed by atoms with van der Waals surface area (Å²) >= 11 is 0. The highest BCUT2D eigenvalue weighted by molar-refractivity contribution is 5.89. The van der Waals surface area contributed by atoms with Crippen LogP contribution in [0.3, 0.4) is 0 Å². The molecule has 1 aliphatic rings. The Bertz CT molecular complexity index is 1150. The van der Waals surface area contributed by atoms with Gasteiger partial charge in [-0.25, -0.2) is 4.79 Å². The first-order chi connectivity index (χ1) is 17.6. The fourth-order valence-corrected chi connectivity index (χ4v) is 4.41. The molecule has 6 nitrogen and oxygen atoms in total. The Kier molecular flexibility index (Phi) is 8.52. The zero-order valence-electron chi connectivity index (χ0n) is 21.2. The van der Waals surface area contributed by atoms with Crippen molar-refractivity contribution in [3.63, 3.8) is 0 Å². The molecule has 2 aromatic carbocycles. The number of alkyl halides is 6. The molecule has 38 heavy (non-hydrogen) atoms. The Morgan fingerprint density at radius 1 is 1.03 bits per heavy atom. The maximum Gasteiger partial charge on any atom is 0.416 e. The van der Waals surface area contributed by atoms with Crippen LogP contribution >= 0.6 is 0 Å². The molecule has 0 spiro atoms. The fraction of sp³-hybridized carbons (Fsp3) is 0.462. The number of fused-ring (bicyclic) bond motifs is 1. The number of amides is 2. The van der Waals surface area contributed by atoms with E-state index in [0.717, 1.165) is 0 Å². The Morgan fingerprint density at radius 2 is 1.63 bits per heavy atom. The van der Waals surface area contributed by atoms with Gasteiger partial charge in [0.05, 0.1) is 36.1 Å². The van der Waals surface area contributed by atoms with Gasteiger partial charge in [0.25, 0.3) is 0 Å². The predicted octanol–water partition coefficient (Wildman–Crippen LogP) is 6.97. The van der Waals surface area contributed by atoms with Gasteiger partial charge in [-0.3, -0.25) is 9.69 Å². The van der Waals surface area contributed by atoms with Crippen molar-refractivity contribution in [2.45, 2.75) is 64.7 Å². The second-order valence-corrected chi connectivity index (χ2v) is 9.23. The molecular formula is C26H28F6N2O4. The van der Waals surface area contributed by atoms with Crippen LogP contribution in [-0.2, 0) is 28.4 Å². The van der Waals surface area contributed by atoms with E-state index in [-0.39, 0.29) is 18.2 Å². The van der Waals surface area contributed by atoms with Gasteiger partial charge < -0.3 is 14.4 Å². The number of halogens is 6. The molecule has 0 aliphatic carbocycles. The average molecular weight is 547 g/mol. The molecule has 0 N–H and O–H groups in total. The van der Waals surface area contributed by atoms with E-state index in [1.165, 1.54) is 23.8 Å². The number of ether oxygens (including phenoxy) is 2. The Balaban J connectivity index is 2.09. The van der Waals surface area contributed by atoms with Crippen molar-refractivity contribution in [3.05, 3.63) is 58.7 Å². The SMILES string of the molecule is COc1ccc2c(c1)N(C(=O)OC(C)C)CCCC2N(Cc1cc(C(F)(F)F)cc(C(F)(F)F)c1)C(C)=O. The lowest BCUT2D eigenvalue weighted by Crippen LogP contribution is -2.34. The molecule has 0 aromatic heterocycles. The van der Waals surface area contributed by atoms with Crippen LogP contribution in [-0.4, -0.2) is 36.7 Å². The number of rotatable bonds is 5. The second kappa shape index (κ2) is 11.1. The summed E-state index contributed by atoms with van der Waals surface area (Å²) in [5, 5.41) is 0. The van der Waals surface area contributed by atoms with Crippen molar-refractivity contribution in [2.24, 2.45) is 0 Å². The summed E-state index contributed by atoms with van der Waals surface area (Å²) in [7, 11) is 1.43. The largest absolute Gasteiger partial charge is 0.497 e. The van der Waals surface area contributed by atoms with E-state index in [4.69, 9.17) is 9.47 Å². The summed E-state index contributed by atoms with van der Waals surface area (Å²) in [6.45, 7) is 4.28. The van der Waals surface area contributed by atoms with Crippen molar-refractivity contribution in [1.29, 1.82) is 0 Å². The molecule has 0 fully saturated rings. The molecule has 3 rings (SSSR count). The smallest absolute Gasteiger partial charge is 0.416 e. The molecule has 0 bridgehead atoms.